The van der Waals surface area contributed by atoms with Gasteiger partial charge >= 0.3 is 12.7 Å². The van der Waals surface area contributed by atoms with Crippen LogP contribution in [0.2, 0.25) is 0 Å². The summed E-state index contributed by atoms with van der Waals surface area (Å²) < 4.78 is 60.2. The minimum absolute atomic E-state index is 0.0118. The highest BCUT2D eigenvalue weighted by Crippen LogP contribution is 2.37. The molecule has 1 aliphatic carbocycles. The molecule has 0 aliphatic heterocycles. The standard InChI is InChI=1S/C25H24F3N3O6/c1-13(35-25(29)33)21-20(22(32)30-11-15-3-2-4-17(26)9-15)31-23(37-21)16-7-8-18(36-24(27)28)19(10-16)34-12-14-5-6-14/h2-4,7-10,13-14,24H,5-6,11-12H2,1H3,(H2,29,33)(H,30,32). The summed E-state index contributed by atoms with van der Waals surface area (Å²) in [7, 11) is 0. The minimum atomic E-state index is -3.05. The molecule has 12 heteroatoms. The van der Waals surface area contributed by atoms with Crippen molar-refractivity contribution in [1.29, 1.82) is 0 Å². The summed E-state index contributed by atoms with van der Waals surface area (Å²) in [5.74, 6) is -1.07. The Labute approximate surface area is 209 Å². The van der Waals surface area contributed by atoms with Crippen LogP contribution >= 0.6 is 0 Å². The van der Waals surface area contributed by atoms with E-state index in [1.807, 2.05) is 0 Å². The van der Waals surface area contributed by atoms with Crippen LogP contribution in [0.1, 0.15) is 47.7 Å². The van der Waals surface area contributed by atoms with Crippen LogP contribution in [-0.2, 0) is 11.3 Å². The Morgan fingerprint density at radius 2 is 1.97 bits per heavy atom. The van der Waals surface area contributed by atoms with E-state index < -0.39 is 30.5 Å². The molecule has 2 amide bonds. The van der Waals surface area contributed by atoms with E-state index >= 15 is 0 Å². The van der Waals surface area contributed by atoms with Gasteiger partial charge in [-0.05, 0) is 61.6 Å². The third-order valence-electron chi connectivity index (χ3n) is 5.45. The van der Waals surface area contributed by atoms with Crippen molar-refractivity contribution in [1.82, 2.24) is 10.3 Å². The highest BCUT2D eigenvalue weighted by atomic mass is 19.3. The Morgan fingerprint density at radius 3 is 2.65 bits per heavy atom. The molecule has 4 rings (SSSR count). The number of nitrogens with one attached hydrogen (secondary N) is 1. The molecule has 0 radical (unpaired) electrons. The number of benzene rings is 2. The van der Waals surface area contributed by atoms with Gasteiger partial charge in [0.15, 0.2) is 29.1 Å². The molecule has 196 valence electrons. The fraction of sp³-hybridized carbons (Fsp3) is 0.320. The second kappa shape index (κ2) is 11.2. The molecular weight excluding hydrogens is 495 g/mol. The number of oxazole rings is 1. The summed E-state index contributed by atoms with van der Waals surface area (Å²) in [6, 6.07) is 9.76. The van der Waals surface area contributed by atoms with E-state index in [1.54, 1.807) is 6.07 Å². The first kappa shape index (κ1) is 25.9. The predicted octanol–water partition coefficient (Wildman–Crippen LogP) is 4.96. The van der Waals surface area contributed by atoms with Gasteiger partial charge in [0.25, 0.3) is 5.91 Å². The van der Waals surface area contributed by atoms with Gasteiger partial charge in [-0.1, -0.05) is 12.1 Å². The molecule has 3 aromatic rings. The lowest BCUT2D eigenvalue weighted by Crippen LogP contribution is -2.25. The number of amides is 2. The first-order chi connectivity index (χ1) is 17.7. The van der Waals surface area contributed by atoms with E-state index in [-0.39, 0.29) is 35.4 Å². The molecule has 0 bridgehead atoms. The van der Waals surface area contributed by atoms with Gasteiger partial charge in [0.1, 0.15) is 5.82 Å². The third kappa shape index (κ3) is 6.93. The maximum Gasteiger partial charge on any atom is 0.405 e. The first-order valence-electron chi connectivity index (χ1n) is 11.4. The number of primary amides is 1. The predicted molar refractivity (Wildman–Crippen MR) is 123 cm³/mol. The highest BCUT2D eigenvalue weighted by Gasteiger charge is 2.28. The quantitative estimate of drug-likeness (QED) is 0.367. The van der Waals surface area contributed by atoms with E-state index in [2.05, 4.69) is 15.0 Å². The zero-order valence-corrected chi connectivity index (χ0v) is 19.7. The lowest BCUT2D eigenvalue weighted by atomic mass is 10.2. The zero-order valence-electron chi connectivity index (χ0n) is 19.7. The number of ether oxygens (including phenoxy) is 3. The summed E-state index contributed by atoms with van der Waals surface area (Å²) in [4.78, 5) is 28.5. The van der Waals surface area contributed by atoms with Crippen molar-refractivity contribution >= 4 is 12.0 Å². The summed E-state index contributed by atoms with van der Waals surface area (Å²) in [5, 5.41) is 2.61. The van der Waals surface area contributed by atoms with Crippen LogP contribution in [0.4, 0.5) is 18.0 Å². The zero-order chi connectivity index (χ0) is 26.5. The van der Waals surface area contributed by atoms with Gasteiger partial charge in [-0.15, -0.1) is 0 Å². The van der Waals surface area contributed by atoms with Crippen LogP contribution in [-0.4, -0.2) is 30.2 Å². The van der Waals surface area contributed by atoms with E-state index in [1.165, 1.54) is 43.3 Å². The SMILES string of the molecule is CC(OC(N)=O)c1oc(-c2ccc(OC(F)F)c(OCC3CC3)c2)nc1C(=O)NCc1cccc(F)c1. The van der Waals surface area contributed by atoms with Gasteiger partial charge in [0.05, 0.1) is 6.61 Å². The van der Waals surface area contributed by atoms with E-state index in [0.29, 0.717) is 23.7 Å². The molecule has 1 fully saturated rings. The molecule has 0 saturated heterocycles. The molecule has 1 atom stereocenters. The molecule has 37 heavy (non-hydrogen) atoms. The van der Waals surface area contributed by atoms with E-state index in [9.17, 15) is 22.8 Å². The molecule has 1 unspecified atom stereocenters. The number of rotatable bonds is 11. The molecule has 1 aromatic heterocycles. The highest BCUT2D eigenvalue weighted by molar-refractivity contribution is 5.94. The maximum atomic E-state index is 13.5. The van der Waals surface area contributed by atoms with Gasteiger partial charge in [-0.2, -0.15) is 8.78 Å². The van der Waals surface area contributed by atoms with Crippen molar-refractivity contribution in [3.63, 3.8) is 0 Å². The van der Waals surface area contributed by atoms with Gasteiger partial charge in [0.2, 0.25) is 5.89 Å². The number of hydrogen-bond donors (Lipinski definition) is 2. The molecule has 1 saturated carbocycles. The van der Waals surface area contributed by atoms with Gasteiger partial charge < -0.3 is 29.7 Å². The Hall–Kier alpha value is -4.22. The largest absolute Gasteiger partial charge is 0.489 e. The second-order valence-corrected chi connectivity index (χ2v) is 8.42. The number of nitrogens with zero attached hydrogens (tertiary/aromatic N) is 1. The second-order valence-electron chi connectivity index (χ2n) is 8.42. The monoisotopic (exact) mass is 519 g/mol. The number of carbonyl (C=O) groups excluding carboxylic acids is 2. The van der Waals surface area contributed by atoms with Crippen molar-refractivity contribution in [2.75, 3.05) is 6.61 Å². The molecular formula is C25H24F3N3O6. The number of nitrogens with two attached hydrogens (primary N) is 1. The van der Waals surface area contributed by atoms with Gasteiger partial charge in [-0.3, -0.25) is 4.79 Å². The maximum absolute atomic E-state index is 13.5. The lowest BCUT2D eigenvalue weighted by Gasteiger charge is -2.13. The van der Waals surface area contributed by atoms with E-state index in [4.69, 9.17) is 19.6 Å². The van der Waals surface area contributed by atoms with Crippen LogP contribution in [0, 0.1) is 11.7 Å². The van der Waals surface area contributed by atoms with Crippen molar-refractivity contribution in [3.8, 4) is 23.0 Å². The van der Waals surface area contributed by atoms with Crippen molar-refractivity contribution in [2.24, 2.45) is 11.7 Å². The van der Waals surface area contributed by atoms with Crippen LogP contribution < -0.4 is 20.5 Å². The Balaban J connectivity index is 1.63. The molecule has 0 spiro atoms. The van der Waals surface area contributed by atoms with Gasteiger partial charge in [-0.25, -0.2) is 14.2 Å². The fourth-order valence-electron chi connectivity index (χ4n) is 3.47. The number of alkyl halides is 2. The first-order valence-corrected chi connectivity index (χ1v) is 11.4. The van der Waals surface area contributed by atoms with Crippen LogP contribution in [0.5, 0.6) is 11.5 Å². The van der Waals surface area contributed by atoms with Crippen LogP contribution in [0.25, 0.3) is 11.5 Å². The van der Waals surface area contributed by atoms with Gasteiger partial charge in [0, 0.05) is 12.1 Å². The lowest BCUT2D eigenvalue weighted by molar-refractivity contribution is -0.0515. The van der Waals surface area contributed by atoms with Crippen molar-refractivity contribution in [3.05, 3.63) is 65.3 Å². The Kier molecular flexibility index (Phi) is 7.85. The minimum Gasteiger partial charge on any atom is -0.489 e. The Bertz CT molecular complexity index is 1280. The smallest absolute Gasteiger partial charge is 0.405 e. The number of halogens is 3. The molecule has 1 aliphatic rings. The normalized spacial score (nSPS) is 13.8. The number of aromatic nitrogens is 1. The van der Waals surface area contributed by atoms with Crippen molar-refractivity contribution < 1.29 is 41.4 Å². The molecule has 9 nitrogen and oxygen atoms in total. The average Bonchev–Trinajstić information content (AvgIpc) is 3.56. The van der Waals surface area contributed by atoms with Crippen LogP contribution in [0.3, 0.4) is 0 Å². The summed E-state index contributed by atoms with van der Waals surface area (Å²) in [5.41, 5.74) is 5.71. The molecule has 2 aromatic carbocycles. The Morgan fingerprint density at radius 1 is 1.19 bits per heavy atom. The summed E-state index contributed by atoms with van der Waals surface area (Å²) in [6.45, 7) is -1.30. The average molecular weight is 519 g/mol. The third-order valence-corrected chi connectivity index (χ3v) is 5.45. The summed E-state index contributed by atoms with van der Waals surface area (Å²) >= 11 is 0. The van der Waals surface area contributed by atoms with Crippen LogP contribution in [0.15, 0.2) is 46.9 Å². The number of carbonyl (C=O) groups is 2. The molecule has 3 N–H and O–H groups in total. The summed E-state index contributed by atoms with van der Waals surface area (Å²) in [6.07, 6.45) is -0.208. The fourth-order valence-corrected chi connectivity index (χ4v) is 3.47. The van der Waals surface area contributed by atoms with Crippen molar-refractivity contribution in [2.45, 2.75) is 39.0 Å². The topological polar surface area (TPSA) is 126 Å². The number of hydrogen-bond acceptors (Lipinski definition) is 7. The van der Waals surface area contributed by atoms with E-state index in [0.717, 1.165) is 12.8 Å². The molecule has 1 heterocycles.